The molecule has 0 amide bonds. The maximum atomic E-state index is 13.2. The standard InChI is InChI=1S/C19H25N3O4S/c1-14-3-7-17(8-4-14)27(23,24)22-11-18(15-5-6-15)26-19(12-22)16-9-20-21(10-16)13-25-2/h3-4,7-10,15,18-19H,5-6,11-13H2,1-2H3/t18-,19+/m0/s1. The fourth-order valence-corrected chi connectivity index (χ4v) is 4.93. The Kier molecular flexibility index (Phi) is 5.07. The Hall–Kier alpha value is -1.74. The maximum Gasteiger partial charge on any atom is 0.243 e. The van der Waals surface area contributed by atoms with Gasteiger partial charge in [0, 0.05) is 32.0 Å². The van der Waals surface area contributed by atoms with Gasteiger partial charge in [-0.3, -0.25) is 0 Å². The van der Waals surface area contributed by atoms with Gasteiger partial charge in [-0.15, -0.1) is 0 Å². The highest BCUT2D eigenvalue weighted by molar-refractivity contribution is 7.89. The maximum absolute atomic E-state index is 13.2. The SMILES string of the molecule is COCn1cc([C@H]2CN(S(=O)(=O)c3ccc(C)cc3)C[C@@H](C3CC3)O2)cn1. The predicted molar refractivity (Wildman–Crippen MR) is 99.5 cm³/mol. The molecule has 4 rings (SSSR count). The van der Waals surface area contributed by atoms with E-state index in [0.717, 1.165) is 24.0 Å². The first-order chi connectivity index (χ1) is 13.0. The third-order valence-corrected chi connectivity index (χ3v) is 7.03. The van der Waals surface area contributed by atoms with Gasteiger partial charge in [-0.25, -0.2) is 13.1 Å². The summed E-state index contributed by atoms with van der Waals surface area (Å²) in [4.78, 5) is 0.332. The molecule has 146 valence electrons. The lowest BCUT2D eigenvalue weighted by atomic mass is 10.1. The van der Waals surface area contributed by atoms with Gasteiger partial charge in [0.05, 0.1) is 23.3 Å². The van der Waals surface area contributed by atoms with Gasteiger partial charge in [-0.2, -0.15) is 9.40 Å². The number of hydrogen-bond acceptors (Lipinski definition) is 5. The number of nitrogens with zero attached hydrogens (tertiary/aromatic N) is 3. The fraction of sp³-hybridized carbons (Fsp3) is 0.526. The lowest BCUT2D eigenvalue weighted by Crippen LogP contribution is -2.47. The van der Waals surface area contributed by atoms with E-state index in [0.29, 0.717) is 24.1 Å². The molecule has 1 aromatic carbocycles. The molecule has 1 aliphatic heterocycles. The van der Waals surface area contributed by atoms with Crippen molar-refractivity contribution in [2.24, 2.45) is 5.92 Å². The molecule has 2 heterocycles. The van der Waals surface area contributed by atoms with Crippen LogP contribution in [0.3, 0.4) is 0 Å². The molecule has 0 radical (unpaired) electrons. The molecule has 1 saturated heterocycles. The molecule has 2 aliphatic rings. The van der Waals surface area contributed by atoms with Crippen molar-refractivity contribution in [2.75, 3.05) is 20.2 Å². The Balaban J connectivity index is 1.60. The quantitative estimate of drug-likeness (QED) is 0.756. The van der Waals surface area contributed by atoms with Crippen molar-refractivity contribution >= 4 is 10.0 Å². The molecule has 0 bridgehead atoms. The minimum atomic E-state index is -3.56. The van der Waals surface area contributed by atoms with Crippen molar-refractivity contribution in [2.45, 2.75) is 43.6 Å². The Labute approximate surface area is 159 Å². The topological polar surface area (TPSA) is 73.7 Å². The van der Waals surface area contributed by atoms with Crippen LogP contribution in [0, 0.1) is 12.8 Å². The summed E-state index contributed by atoms with van der Waals surface area (Å²) in [5.74, 6) is 0.442. The molecule has 8 heteroatoms. The summed E-state index contributed by atoms with van der Waals surface area (Å²) in [5, 5.41) is 4.27. The number of sulfonamides is 1. The van der Waals surface area contributed by atoms with Crippen molar-refractivity contribution in [1.29, 1.82) is 0 Å². The zero-order chi connectivity index (χ0) is 19.0. The van der Waals surface area contributed by atoms with Crippen LogP contribution in [0.15, 0.2) is 41.6 Å². The highest BCUT2D eigenvalue weighted by atomic mass is 32.2. The molecule has 1 aromatic heterocycles. The van der Waals surface area contributed by atoms with Crippen LogP contribution in [-0.4, -0.2) is 48.8 Å². The van der Waals surface area contributed by atoms with Gasteiger partial charge in [0.2, 0.25) is 10.0 Å². The van der Waals surface area contributed by atoms with Crippen LogP contribution >= 0.6 is 0 Å². The molecule has 1 aliphatic carbocycles. The molecule has 0 unspecified atom stereocenters. The zero-order valence-electron chi connectivity index (χ0n) is 15.6. The van der Waals surface area contributed by atoms with Gasteiger partial charge in [-0.1, -0.05) is 17.7 Å². The Morgan fingerprint density at radius 2 is 1.96 bits per heavy atom. The summed E-state index contributed by atoms with van der Waals surface area (Å²) in [5.41, 5.74) is 1.91. The molecule has 0 N–H and O–H groups in total. The normalized spacial score (nSPS) is 24.2. The van der Waals surface area contributed by atoms with E-state index >= 15 is 0 Å². The number of benzene rings is 1. The lowest BCUT2D eigenvalue weighted by molar-refractivity contribution is -0.0748. The largest absolute Gasteiger partial charge is 0.367 e. The van der Waals surface area contributed by atoms with Gasteiger partial charge in [0.15, 0.2) is 0 Å². The minimum absolute atomic E-state index is 0.0743. The van der Waals surface area contributed by atoms with Crippen molar-refractivity contribution in [1.82, 2.24) is 14.1 Å². The van der Waals surface area contributed by atoms with E-state index in [-0.39, 0.29) is 18.8 Å². The van der Waals surface area contributed by atoms with E-state index < -0.39 is 10.0 Å². The third-order valence-electron chi connectivity index (χ3n) is 5.19. The summed E-state index contributed by atoms with van der Waals surface area (Å²) < 4.78 is 41.0. The molecule has 1 saturated carbocycles. The number of aryl methyl sites for hydroxylation is 1. The second-order valence-corrected chi connectivity index (χ2v) is 9.30. The first-order valence-electron chi connectivity index (χ1n) is 9.21. The van der Waals surface area contributed by atoms with Crippen LogP contribution in [0.1, 0.15) is 30.1 Å². The first kappa shape index (κ1) is 18.6. The van der Waals surface area contributed by atoms with Gasteiger partial charge in [-0.05, 0) is 37.8 Å². The number of methoxy groups -OCH3 is 1. The highest BCUT2D eigenvalue weighted by Gasteiger charge is 2.42. The van der Waals surface area contributed by atoms with Crippen molar-refractivity contribution in [3.8, 4) is 0 Å². The van der Waals surface area contributed by atoms with Gasteiger partial charge in [0.1, 0.15) is 6.73 Å². The molecular formula is C19H25N3O4S. The number of morpholine rings is 1. The molecule has 27 heavy (non-hydrogen) atoms. The smallest absolute Gasteiger partial charge is 0.243 e. The average Bonchev–Trinajstić information content (AvgIpc) is 3.41. The summed E-state index contributed by atoms with van der Waals surface area (Å²) in [7, 11) is -1.95. The third kappa shape index (κ3) is 3.94. The van der Waals surface area contributed by atoms with Crippen LogP contribution in [0.2, 0.25) is 0 Å². The summed E-state index contributed by atoms with van der Waals surface area (Å²) in [6.45, 7) is 2.99. The number of rotatable bonds is 6. The second kappa shape index (κ2) is 7.35. The van der Waals surface area contributed by atoms with E-state index in [9.17, 15) is 8.42 Å². The lowest BCUT2D eigenvalue weighted by Gasteiger charge is -2.37. The molecule has 0 spiro atoms. The van der Waals surface area contributed by atoms with E-state index in [2.05, 4.69) is 5.10 Å². The van der Waals surface area contributed by atoms with E-state index in [1.807, 2.05) is 25.3 Å². The Morgan fingerprint density at radius 3 is 2.63 bits per heavy atom. The van der Waals surface area contributed by atoms with Gasteiger partial charge >= 0.3 is 0 Å². The van der Waals surface area contributed by atoms with Gasteiger partial charge in [0.25, 0.3) is 0 Å². The number of aromatic nitrogens is 2. The molecular weight excluding hydrogens is 366 g/mol. The first-order valence-corrected chi connectivity index (χ1v) is 10.6. The molecule has 2 aromatic rings. The number of ether oxygens (including phenoxy) is 2. The van der Waals surface area contributed by atoms with Crippen molar-refractivity contribution in [3.05, 3.63) is 47.8 Å². The summed E-state index contributed by atoms with van der Waals surface area (Å²) in [6, 6.07) is 7.02. The zero-order valence-corrected chi connectivity index (χ0v) is 16.4. The van der Waals surface area contributed by atoms with Crippen LogP contribution in [0.4, 0.5) is 0 Å². The van der Waals surface area contributed by atoms with E-state index in [1.165, 1.54) is 0 Å². The van der Waals surface area contributed by atoms with Crippen LogP contribution in [-0.2, 0) is 26.2 Å². The monoisotopic (exact) mass is 391 g/mol. The van der Waals surface area contributed by atoms with Crippen LogP contribution in [0.5, 0.6) is 0 Å². The van der Waals surface area contributed by atoms with Crippen LogP contribution < -0.4 is 0 Å². The Bertz CT molecular complexity index is 890. The summed E-state index contributed by atoms with van der Waals surface area (Å²) >= 11 is 0. The van der Waals surface area contributed by atoms with Crippen LogP contribution in [0.25, 0.3) is 0 Å². The van der Waals surface area contributed by atoms with E-state index in [4.69, 9.17) is 9.47 Å². The van der Waals surface area contributed by atoms with Crippen molar-refractivity contribution < 1.29 is 17.9 Å². The van der Waals surface area contributed by atoms with Crippen molar-refractivity contribution in [3.63, 3.8) is 0 Å². The average molecular weight is 391 g/mol. The second-order valence-electron chi connectivity index (χ2n) is 7.37. The van der Waals surface area contributed by atoms with Gasteiger partial charge < -0.3 is 9.47 Å². The molecule has 7 nitrogen and oxygen atoms in total. The highest BCUT2D eigenvalue weighted by Crippen LogP contribution is 2.40. The molecule has 2 fully saturated rings. The van der Waals surface area contributed by atoms with E-state index in [1.54, 1.807) is 34.4 Å². The fourth-order valence-electron chi connectivity index (χ4n) is 3.47. The number of hydrogen-bond donors (Lipinski definition) is 0. The molecule has 2 atom stereocenters. The predicted octanol–water partition coefficient (Wildman–Crippen LogP) is 2.34. The summed E-state index contributed by atoms with van der Waals surface area (Å²) in [6.07, 6.45) is 5.39. The Morgan fingerprint density at radius 1 is 1.22 bits per heavy atom. The minimum Gasteiger partial charge on any atom is -0.367 e.